The standard InChI is InChI=1S/C8H8ClNS.ClH/c9-6-1-2-8-7(5-6)10-3-4-11-8;/h1-2,5,10H,3-4H2;1H. The van der Waals surface area contributed by atoms with Crippen LogP contribution < -0.4 is 5.32 Å². The zero-order chi connectivity index (χ0) is 7.68. The van der Waals surface area contributed by atoms with E-state index in [2.05, 4.69) is 11.4 Å². The molecule has 2 rings (SSSR count). The van der Waals surface area contributed by atoms with Gasteiger partial charge in [0.2, 0.25) is 0 Å². The van der Waals surface area contributed by atoms with Crippen LogP contribution in [0.2, 0.25) is 5.02 Å². The molecule has 0 atom stereocenters. The maximum atomic E-state index is 5.83. The first-order chi connectivity index (χ1) is 5.36. The van der Waals surface area contributed by atoms with Crippen LogP contribution >= 0.6 is 35.8 Å². The zero-order valence-electron chi connectivity index (χ0n) is 6.34. The van der Waals surface area contributed by atoms with Gasteiger partial charge >= 0.3 is 0 Å². The molecule has 1 aliphatic heterocycles. The molecule has 0 aromatic heterocycles. The lowest BCUT2D eigenvalue weighted by atomic mass is 10.3. The number of thioether (sulfide) groups is 1. The summed E-state index contributed by atoms with van der Waals surface area (Å²) in [7, 11) is 0. The average molecular weight is 222 g/mol. The van der Waals surface area contributed by atoms with Gasteiger partial charge in [-0.3, -0.25) is 0 Å². The van der Waals surface area contributed by atoms with Crippen LogP contribution in [0, 0.1) is 0 Å². The van der Waals surface area contributed by atoms with Gasteiger partial charge in [0.25, 0.3) is 0 Å². The molecule has 0 saturated carbocycles. The second-order valence-electron chi connectivity index (χ2n) is 2.42. The fourth-order valence-corrected chi connectivity index (χ4v) is 2.16. The van der Waals surface area contributed by atoms with Crippen LogP contribution in [0.1, 0.15) is 0 Å². The summed E-state index contributed by atoms with van der Waals surface area (Å²) in [5.41, 5.74) is 1.17. The largest absolute Gasteiger partial charge is 0.383 e. The summed E-state index contributed by atoms with van der Waals surface area (Å²) >= 11 is 7.70. The minimum absolute atomic E-state index is 0. The van der Waals surface area contributed by atoms with Crippen molar-refractivity contribution in [3.8, 4) is 0 Å². The minimum atomic E-state index is 0. The van der Waals surface area contributed by atoms with Crippen molar-refractivity contribution in [1.29, 1.82) is 0 Å². The first-order valence-corrected chi connectivity index (χ1v) is 4.89. The van der Waals surface area contributed by atoms with Crippen molar-refractivity contribution in [1.82, 2.24) is 0 Å². The Hall–Kier alpha value is -0.0500. The topological polar surface area (TPSA) is 12.0 Å². The average Bonchev–Trinajstić information content (AvgIpc) is 2.04. The Labute approximate surface area is 87.3 Å². The molecule has 4 heteroatoms. The van der Waals surface area contributed by atoms with Crippen LogP contribution in [0.15, 0.2) is 23.1 Å². The van der Waals surface area contributed by atoms with Crippen LogP contribution in [0.25, 0.3) is 0 Å². The lowest BCUT2D eigenvalue weighted by molar-refractivity contribution is 1.17. The molecular formula is C8H9Cl2NS. The van der Waals surface area contributed by atoms with Crippen molar-refractivity contribution >= 4 is 41.5 Å². The third-order valence-electron chi connectivity index (χ3n) is 1.62. The Bertz CT molecular complexity index is 278. The Kier molecular flexibility index (Phi) is 3.56. The van der Waals surface area contributed by atoms with E-state index in [4.69, 9.17) is 11.6 Å². The SMILES string of the molecule is Cl.Clc1ccc2c(c1)NCCS2. The van der Waals surface area contributed by atoms with E-state index in [1.165, 1.54) is 10.6 Å². The van der Waals surface area contributed by atoms with Crippen molar-refractivity contribution in [3.63, 3.8) is 0 Å². The second kappa shape index (κ2) is 4.26. The van der Waals surface area contributed by atoms with Crippen molar-refractivity contribution in [2.24, 2.45) is 0 Å². The van der Waals surface area contributed by atoms with Crippen molar-refractivity contribution in [2.45, 2.75) is 4.90 Å². The van der Waals surface area contributed by atoms with E-state index in [1.807, 2.05) is 23.9 Å². The molecule has 0 amide bonds. The van der Waals surface area contributed by atoms with E-state index in [1.54, 1.807) is 0 Å². The smallest absolute Gasteiger partial charge is 0.0493 e. The number of hydrogen-bond acceptors (Lipinski definition) is 2. The maximum absolute atomic E-state index is 5.83. The summed E-state index contributed by atoms with van der Waals surface area (Å²) in [6.07, 6.45) is 0. The summed E-state index contributed by atoms with van der Waals surface area (Å²) in [6.45, 7) is 1.04. The van der Waals surface area contributed by atoms with Gasteiger partial charge in [-0.1, -0.05) is 11.6 Å². The lowest BCUT2D eigenvalue weighted by Gasteiger charge is -2.16. The van der Waals surface area contributed by atoms with Crippen LogP contribution in [0.5, 0.6) is 0 Å². The van der Waals surface area contributed by atoms with Crippen LogP contribution in [-0.2, 0) is 0 Å². The quantitative estimate of drug-likeness (QED) is 0.722. The van der Waals surface area contributed by atoms with Crippen molar-refractivity contribution < 1.29 is 0 Å². The molecule has 0 fully saturated rings. The first-order valence-electron chi connectivity index (χ1n) is 3.52. The zero-order valence-corrected chi connectivity index (χ0v) is 8.73. The Balaban J connectivity index is 0.000000720. The molecule has 0 saturated heterocycles. The molecule has 12 heavy (non-hydrogen) atoms. The summed E-state index contributed by atoms with van der Waals surface area (Å²) in [5, 5.41) is 4.10. The Morgan fingerprint density at radius 2 is 2.25 bits per heavy atom. The highest BCUT2D eigenvalue weighted by molar-refractivity contribution is 7.99. The molecule has 1 aliphatic rings. The normalized spacial score (nSPS) is 14.1. The van der Waals surface area contributed by atoms with Crippen LogP contribution in [0.4, 0.5) is 5.69 Å². The highest BCUT2D eigenvalue weighted by Gasteiger charge is 2.07. The summed E-state index contributed by atoms with van der Waals surface area (Å²) in [5.74, 6) is 1.15. The fraction of sp³-hybridized carbons (Fsp3) is 0.250. The predicted molar refractivity (Wildman–Crippen MR) is 57.9 cm³/mol. The molecule has 0 spiro atoms. The Morgan fingerprint density at radius 1 is 1.42 bits per heavy atom. The number of rotatable bonds is 0. The number of fused-ring (bicyclic) bond motifs is 1. The fourth-order valence-electron chi connectivity index (χ4n) is 1.11. The van der Waals surface area contributed by atoms with Gasteiger partial charge in [0.15, 0.2) is 0 Å². The van der Waals surface area contributed by atoms with Gasteiger partial charge in [-0.25, -0.2) is 0 Å². The molecule has 66 valence electrons. The second-order valence-corrected chi connectivity index (χ2v) is 3.99. The van der Waals surface area contributed by atoms with E-state index >= 15 is 0 Å². The molecule has 0 radical (unpaired) electrons. The highest BCUT2D eigenvalue weighted by atomic mass is 35.5. The Morgan fingerprint density at radius 3 is 3.08 bits per heavy atom. The van der Waals surface area contributed by atoms with E-state index in [9.17, 15) is 0 Å². The number of anilines is 1. The van der Waals surface area contributed by atoms with Gasteiger partial charge < -0.3 is 5.32 Å². The molecule has 1 N–H and O–H groups in total. The number of halogens is 2. The van der Waals surface area contributed by atoms with Crippen molar-refractivity contribution in [2.75, 3.05) is 17.6 Å². The molecule has 1 heterocycles. The van der Waals surface area contributed by atoms with Gasteiger partial charge in [-0.2, -0.15) is 0 Å². The minimum Gasteiger partial charge on any atom is -0.383 e. The van der Waals surface area contributed by atoms with Gasteiger partial charge in [0.05, 0.1) is 0 Å². The molecule has 0 aliphatic carbocycles. The lowest BCUT2D eigenvalue weighted by Crippen LogP contribution is -2.09. The third-order valence-corrected chi connectivity index (χ3v) is 2.93. The van der Waals surface area contributed by atoms with Gasteiger partial charge in [0, 0.05) is 27.9 Å². The monoisotopic (exact) mass is 221 g/mol. The third kappa shape index (κ3) is 2.00. The number of benzene rings is 1. The number of nitrogens with one attached hydrogen (secondary N) is 1. The molecule has 1 aromatic rings. The number of hydrogen-bond donors (Lipinski definition) is 1. The van der Waals surface area contributed by atoms with E-state index in [0.717, 1.165) is 17.3 Å². The molecule has 1 aromatic carbocycles. The molecule has 0 bridgehead atoms. The summed E-state index contributed by atoms with van der Waals surface area (Å²) < 4.78 is 0. The van der Waals surface area contributed by atoms with E-state index in [-0.39, 0.29) is 12.4 Å². The molecule has 1 nitrogen and oxygen atoms in total. The summed E-state index contributed by atoms with van der Waals surface area (Å²) in [6, 6.07) is 5.97. The van der Waals surface area contributed by atoms with Crippen LogP contribution in [0.3, 0.4) is 0 Å². The van der Waals surface area contributed by atoms with Crippen molar-refractivity contribution in [3.05, 3.63) is 23.2 Å². The predicted octanol–water partition coefficient (Wildman–Crippen LogP) is 3.28. The van der Waals surface area contributed by atoms with E-state index in [0.29, 0.717) is 0 Å². The van der Waals surface area contributed by atoms with Crippen LogP contribution in [-0.4, -0.2) is 12.3 Å². The van der Waals surface area contributed by atoms with Gasteiger partial charge in [0.1, 0.15) is 0 Å². The van der Waals surface area contributed by atoms with Gasteiger partial charge in [-0.15, -0.1) is 24.2 Å². The maximum Gasteiger partial charge on any atom is 0.0493 e. The molecular weight excluding hydrogens is 213 g/mol. The highest BCUT2D eigenvalue weighted by Crippen LogP contribution is 2.32. The van der Waals surface area contributed by atoms with Gasteiger partial charge in [-0.05, 0) is 18.2 Å². The summed E-state index contributed by atoms with van der Waals surface area (Å²) in [4.78, 5) is 1.31. The first kappa shape index (κ1) is 10.0. The molecule has 0 unspecified atom stereocenters. The van der Waals surface area contributed by atoms with E-state index < -0.39 is 0 Å².